The van der Waals surface area contributed by atoms with Gasteiger partial charge in [0.2, 0.25) is 11.8 Å². The average Bonchev–Trinajstić information content (AvgIpc) is 3.45. The van der Waals surface area contributed by atoms with Gasteiger partial charge in [-0.1, -0.05) is 67.3 Å². The predicted molar refractivity (Wildman–Crippen MR) is 167 cm³/mol. The van der Waals surface area contributed by atoms with Crippen molar-refractivity contribution < 1.29 is 9.59 Å². The largest absolute Gasteiger partial charge is 0.361 e. The molecule has 5 rings (SSSR count). The molecule has 2 heterocycles. The molecule has 230 valence electrons. The van der Waals surface area contributed by atoms with E-state index in [9.17, 15) is 14.4 Å². The van der Waals surface area contributed by atoms with Crippen molar-refractivity contribution in [2.75, 3.05) is 13.1 Å². The molecule has 0 spiro atoms. The molecule has 10 heteroatoms. The van der Waals surface area contributed by atoms with Crippen molar-refractivity contribution in [3.63, 3.8) is 0 Å². The number of carbonyl (C=O) groups is 2. The Kier molecular flexibility index (Phi) is 10.4. The van der Waals surface area contributed by atoms with Gasteiger partial charge in [0.25, 0.3) is 0 Å². The highest BCUT2D eigenvalue weighted by molar-refractivity contribution is 6.30. The molecule has 1 saturated carbocycles. The fourth-order valence-corrected chi connectivity index (χ4v) is 7.22. The number of H-pyrrole nitrogens is 1. The summed E-state index contributed by atoms with van der Waals surface area (Å²) in [5, 5.41) is 6.52. The second-order valence-electron chi connectivity index (χ2n) is 12.2. The number of nitrogens with two attached hydrogens (primary N) is 1. The fourth-order valence-electron chi connectivity index (χ4n) is 7.10. The van der Waals surface area contributed by atoms with Gasteiger partial charge >= 0.3 is 5.69 Å². The van der Waals surface area contributed by atoms with E-state index in [4.69, 9.17) is 17.3 Å². The molecule has 3 aromatic rings. The van der Waals surface area contributed by atoms with Crippen LogP contribution < -0.4 is 16.7 Å². The molecule has 1 aliphatic carbocycles. The Morgan fingerprint density at radius 2 is 1.74 bits per heavy atom. The number of aromatic nitrogens is 3. The molecule has 1 aromatic heterocycles. The van der Waals surface area contributed by atoms with Crippen LogP contribution in [0.2, 0.25) is 5.02 Å². The summed E-state index contributed by atoms with van der Waals surface area (Å²) in [5.41, 5.74) is 8.56. The lowest BCUT2D eigenvalue weighted by molar-refractivity contribution is -0.139. The standard InChI is InChI=1S/C33H43ClN6O3/c34-28-13-10-24(11-14-28)20-29(37-30(41)15-12-25-6-4-5-7-26(25)21-35)31(42)39-18-16-33(17-19-39,27-8-2-1-3-9-27)22-40-23-36-32(43)38-40/h4-7,10-11,13-14,23,27,29H,1-3,8-9,12,15-22,35H2,(H,37,41)(H,38,43). The van der Waals surface area contributed by atoms with Gasteiger partial charge in [0.1, 0.15) is 12.4 Å². The number of hydrogen-bond donors (Lipinski definition) is 3. The van der Waals surface area contributed by atoms with Gasteiger partial charge in [0, 0.05) is 44.0 Å². The van der Waals surface area contributed by atoms with Crippen LogP contribution in [0.15, 0.2) is 59.7 Å². The lowest BCUT2D eigenvalue weighted by atomic mass is 9.63. The summed E-state index contributed by atoms with van der Waals surface area (Å²) >= 11 is 6.11. The SMILES string of the molecule is NCc1ccccc1CCC(=O)NC(Cc1ccc(Cl)cc1)C(=O)N1CCC(Cn2cnc(=O)[nH]2)(C2CCCCC2)CC1. The van der Waals surface area contributed by atoms with Gasteiger partial charge in [-0.2, -0.15) is 4.98 Å². The number of rotatable bonds is 11. The molecule has 9 nitrogen and oxygen atoms in total. The van der Waals surface area contributed by atoms with Crippen LogP contribution in [-0.2, 0) is 35.5 Å². The Hall–Kier alpha value is -3.43. The molecule has 2 amide bonds. The highest BCUT2D eigenvalue weighted by Gasteiger charge is 2.43. The Morgan fingerprint density at radius 3 is 2.40 bits per heavy atom. The maximum atomic E-state index is 14.0. The highest BCUT2D eigenvalue weighted by Crippen LogP contribution is 2.47. The van der Waals surface area contributed by atoms with Crippen LogP contribution in [-0.4, -0.2) is 50.6 Å². The molecule has 2 aromatic carbocycles. The van der Waals surface area contributed by atoms with Gasteiger partial charge in [-0.05, 0) is 72.3 Å². The molecular weight excluding hydrogens is 564 g/mol. The maximum absolute atomic E-state index is 14.0. The quantitative estimate of drug-likeness (QED) is 0.301. The van der Waals surface area contributed by atoms with E-state index in [-0.39, 0.29) is 29.3 Å². The van der Waals surface area contributed by atoms with Crippen LogP contribution in [0.3, 0.4) is 0 Å². The zero-order valence-electron chi connectivity index (χ0n) is 24.8. The van der Waals surface area contributed by atoms with Crippen LogP contribution in [0.25, 0.3) is 0 Å². The number of halogens is 1. The number of nitrogens with one attached hydrogen (secondary N) is 2. The van der Waals surface area contributed by atoms with E-state index >= 15 is 0 Å². The van der Waals surface area contributed by atoms with Gasteiger partial charge < -0.3 is 16.0 Å². The zero-order chi connectivity index (χ0) is 30.2. The third-order valence-electron chi connectivity index (χ3n) is 9.53. The van der Waals surface area contributed by atoms with Gasteiger partial charge in [-0.3, -0.25) is 14.3 Å². The van der Waals surface area contributed by atoms with Crippen molar-refractivity contribution in [2.24, 2.45) is 17.1 Å². The molecule has 0 bridgehead atoms. The number of piperidine rings is 1. The first kappa shape index (κ1) is 31.0. The summed E-state index contributed by atoms with van der Waals surface area (Å²) in [7, 11) is 0. The van der Waals surface area contributed by atoms with Crippen LogP contribution in [0, 0.1) is 11.3 Å². The first-order valence-electron chi connectivity index (χ1n) is 15.6. The minimum absolute atomic E-state index is 0.00779. The number of aromatic amines is 1. The summed E-state index contributed by atoms with van der Waals surface area (Å²) in [4.78, 5) is 44.8. The molecule has 1 saturated heterocycles. The van der Waals surface area contributed by atoms with Gasteiger partial charge in [-0.15, -0.1) is 0 Å². The maximum Gasteiger partial charge on any atom is 0.361 e. The Morgan fingerprint density at radius 1 is 1.05 bits per heavy atom. The number of amides is 2. The molecule has 1 atom stereocenters. The summed E-state index contributed by atoms with van der Waals surface area (Å²) in [6, 6.07) is 14.6. The van der Waals surface area contributed by atoms with Crippen LogP contribution in [0.1, 0.15) is 68.1 Å². The van der Waals surface area contributed by atoms with E-state index in [1.165, 1.54) is 32.1 Å². The van der Waals surface area contributed by atoms with Crippen molar-refractivity contribution in [1.29, 1.82) is 0 Å². The van der Waals surface area contributed by atoms with Gasteiger partial charge in [0.05, 0.1) is 0 Å². The van der Waals surface area contributed by atoms with E-state index in [1.807, 2.05) is 58.1 Å². The monoisotopic (exact) mass is 606 g/mol. The number of nitrogens with zero attached hydrogens (tertiary/aromatic N) is 3. The molecule has 1 aliphatic heterocycles. The lowest BCUT2D eigenvalue weighted by Gasteiger charge is -2.48. The second-order valence-corrected chi connectivity index (χ2v) is 12.7. The number of hydrogen-bond acceptors (Lipinski definition) is 5. The molecule has 4 N–H and O–H groups in total. The predicted octanol–water partition coefficient (Wildman–Crippen LogP) is 4.23. The zero-order valence-corrected chi connectivity index (χ0v) is 25.5. The summed E-state index contributed by atoms with van der Waals surface area (Å²) in [6.45, 7) is 2.35. The Labute approximate surface area is 258 Å². The third-order valence-corrected chi connectivity index (χ3v) is 9.78. The topological polar surface area (TPSA) is 126 Å². The molecular formula is C33H43ClN6O3. The number of aryl methyl sites for hydroxylation is 1. The van der Waals surface area contributed by atoms with E-state index in [1.54, 1.807) is 6.33 Å². The minimum atomic E-state index is -0.675. The number of carbonyl (C=O) groups excluding carboxylic acids is 2. The highest BCUT2D eigenvalue weighted by atomic mass is 35.5. The van der Waals surface area contributed by atoms with E-state index in [2.05, 4.69) is 15.4 Å². The third kappa shape index (κ3) is 7.95. The average molecular weight is 607 g/mol. The van der Waals surface area contributed by atoms with Crippen molar-refractivity contribution in [2.45, 2.75) is 83.3 Å². The normalized spacial score (nSPS) is 17.9. The molecule has 1 unspecified atom stereocenters. The Bertz CT molecular complexity index is 1420. The lowest BCUT2D eigenvalue weighted by Crippen LogP contribution is -2.54. The minimum Gasteiger partial charge on any atom is -0.344 e. The molecule has 0 radical (unpaired) electrons. The first-order valence-corrected chi connectivity index (χ1v) is 15.9. The van der Waals surface area contributed by atoms with E-state index < -0.39 is 6.04 Å². The summed E-state index contributed by atoms with van der Waals surface area (Å²) < 4.78 is 1.82. The van der Waals surface area contributed by atoms with E-state index in [0.717, 1.165) is 29.5 Å². The molecule has 2 fully saturated rings. The smallest absolute Gasteiger partial charge is 0.344 e. The van der Waals surface area contributed by atoms with Crippen LogP contribution >= 0.6 is 11.6 Å². The molecule has 2 aliphatic rings. The first-order chi connectivity index (χ1) is 20.8. The van der Waals surface area contributed by atoms with Crippen molar-refractivity contribution in [3.8, 4) is 0 Å². The van der Waals surface area contributed by atoms with Crippen molar-refractivity contribution >= 4 is 23.4 Å². The summed E-state index contributed by atoms with van der Waals surface area (Å²) in [5.74, 6) is 0.334. The van der Waals surface area contributed by atoms with Crippen molar-refractivity contribution in [1.82, 2.24) is 25.0 Å². The van der Waals surface area contributed by atoms with Gasteiger partial charge in [0.15, 0.2) is 0 Å². The second kappa shape index (κ2) is 14.4. The number of benzene rings is 2. The number of likely N-dealkylation sites (tertiary alicyclic amines) is 1. The van der Waals surface area contributed by atoms with Crippen LogP contribution in [0.5, 0.6) is 0 Å². The van der Waals surface area contributed by atoms with Gasteiger partial charge in [-0.25, -0.2) is 9.89 Å². The Balaban J connectivity index is 1.28. The summed E-state index contributed by atoms with van der Waals surface area (Å²) in [6.07, 6.45) is 10.6. The van der Waals surface area contributed by atoms with Crippen LogP contribution in [0.4, 0.5) is 0 Å². The van der Waals surface area contributed by atoms with Crippen molar-refractivity contribution in [3.05, 3.63) is 87.1 Å². The molecule has 43 heavy (non-hydrogen) atoms. The van der Waals surface area contributed by atoms with E-state index in [0.29, 0.717) is 50.0 Å². The fraction of sp³-hybridized carbons (Fsp3) is 0.515.